The standard InChI is InChI=1S/C20H19ClN2O4/c1-26-11-10-22-19(24)13-23-16-8-4-5-9-17(16)27-18(20(23)25)12-14-6-2-3-7-15(14)21/h2-9,12H,10-11,13H2,1H3,(H,22,24)/b18-12+. The summed E-state index contributed by atoms with van der Waals surface area (Å²) in [6.07, 6.45) is 1.58. The second-order valence-corrected chi connectivity index (χ2v) is 6.24. The molecule has 1 aliphatic heterocycles. The van der Waals surface area contributed by atoms with Crippen LogP contribution in [-0.4, -0.2) is 38.6 Å². The van der Waals surface area contributed by atoms with Gasteiger partial charge >= 0.3 is 0 Å². The van der Waals surface area contributed by atoms with Crippen LogP contribution in [0.4, 0.5) is 5.69 Å². The van der Waals surface area contributed by atoms with Crippen LogP contribution >= 0.6 is 11.6 Å². The molecular weight excluding hydrogens is 368 g/mol. The highest BCUT2D eigenvalue weighted by atomic mass is 35.5. The van der Waals surface area contributed by atoms with Crippen LogP contribution in [0, 0.1) is 0 Å². The lowest BCUT2D eigenvalue weighted by Crippen LogP contribution is -2.44. The van der Waals surface area contributed by atoms with Gasteiger partial charge in [0.25, 0.3) is 5.91 Å². The van der Waals surface area contributed by atoms with Gasteiger partial charge in [0.2, 0.25) is 5.91 Å². The number of nitrogens with zero attached hydrogens (tertiary/aromatic N) is 1. The van der Waals surface area contributed by atoms with Gasteiger partial charge in [0.1, 0.15) is 6.54 Å². The molecule has 0 atom stereocenters. The number of benzene rings is 2. The lowest BCUT2D eigenvalue weighted by molar-refractivity contribution is -0.123. The van der Waals surface area contributed by atoms with E-state index in [1.165, 1.54) is 4.90 Å². The maximum atomic E-state index is 13.0. The van der Waals surface area contributed by atoms with Gasteiger partial charge in [-0.3, -0.25) is 14.5 Å². The van der Waals surface area contributed by atoms with Crippen LogP contribution < -0.4 is 15.0 Å². The number of methoxy groups -OCH3 is 1. The summed E-state index contributed by atoms with van der Waals surface area (Å²) in [6.45, 7) is 0.650. The molecule has 1 heterocycles. The number of nitrogens with one attached hydrogen (secondary N) is 1. The number of amides is 2. The van der Waals surface area contributed by atoms with E-state index in [1.54, 1.807) is 55.7 Å². The van der Waals surface area contributed by atoms with Crippen molar-refractivity contribution in [2.45, 2.75) is 0 Å². The summed E-state index contributed by atoms with van der Waals surface area (Å²) in [4.78, 5) is 26.6. The predicted molar refractivity (Wildman–Crippen MR) is 104 cm³/mol. The first kappa shape index (κ1) is 18.9. The van der Waals surface area contributed by atoms with Crippen molar-refractivity contribution in [1.82, 2.24) is 5.32 Å². The summed E-state index contributed by atoms with van der Waals surface area (Å²) in [7, 11) is 1.56. The van der Waals surface area contributed by atoms with Gasteiger partial charge in [-0.25, -0.2) is 0 Å². The number of fused-ring (bicyclic) bond motifs is 1. The smallest absolute Gasteiger partial charge is 0.294 e. The van der Waals surface area contributed by atoms with Gasteiger partial charge in [0, 0.05) is 18.7 Å². The van der Waals surface area contributed by atoms with E-state index in [2.05, 4.69) is 5.32 Å². The van der Waals surface area contributed by atoms with Crippen molar-refractivity contribution in [3.8, 4) is 5.75 Å². The number of carbonyl (C=O) groups is 2. The van der Waals surface area contributed by atoms with E-state index in [1.807, 2.05) is 6.07 Å². The van der Waals surface area contributed by atoms with Crippen LogP contribution in [-0.2, 0) is 14.3 Å². The molecule has 0 aromatic heterocycles. The van der Waals surface area contributed by atoms with E-state index in [9.17, 15) is 9.59 Å². The third-order valence-electron chi connectivity index (χ3n) is 3.95. The van der Waals surface area contributed by atoms with Crippen LogP contribution in [0.1, 0.15) is 5.56 Å². The number of anilines is 1. The first-order valence-electron chi connectivity index (χ1n) is 8.41. The molecule has 0 unspecified atom stereocenters. The van der Waals surface area contributed by atoms with Gasteiger partial charge in [-0.2, -0.15) is 0 Å². The Morgan fingerprint density at radius 1 is 1.22 bits per heavy atom. The molecule has 140 valence electrons. The summed E-state index contributed by atoms with van der Waals surface area (Å²) in [5, 5.41) is 3.22. The van der Waals surface area contributed by atoms with E-state index in [0.717, 1.165) is 0 Å². The number of para-hydroxylation sites is 2. The molecule has 0 saturated heterocycles. The molecule has 1 N–H and O–H groups in total. The Morgan fingerprint density at radius 3 is 2.74 bits per heavy atom. The quantitative estimate of drug-likeness (QED) is 0.612. The van der Waals surface area contributed by atoms with Crippen LogP contribution in [0.2, 0.25) is 5.02 Å². The summed E-state index contributed by atoms with van der Waals surface area (Å²) in [6, 6.07) is 14.2. The van der Waals surface area contributed by atoms with E-state index in [-0.39, 0.29) is 18.2 Å². The van der Waals surface area contributed by atoms with Crippen LogP contribution in [0.25, 0.3) is 6.08 Å². The van der Waals surface area contributed by atoms with Crippen molar-refractivity contribution in [2.24, 2.45) is 0 Å². The SMILES string of the molecule is COCCNC(=O)CN1C(=O)/C(=C\c2ccccc2Cl)Oc2ccccc21. The second-order valence-electron chi connectivity index (χ2n) is 5.83. The monoisotopic (exact) mass is 386 g/mol. The first-order chi connectivity index (χ1) is 13.1. The second kappa shape index (κ2) is 8.70. The highest BCUT2D eigenvalue weighted by molar-refractivity contribution is 6.32. The Labute approximate surface area is 162 Å². The number of halogens is 1. The molecular formula is C20H19ClN2O4. The average molecular weight is 387 g/mol. The summed E-state index contributed by atoms with van der Waals surface area (Å²) >= 11 is 6.18. The van der Waals surface area contributed by atoms with Gasteiger partial charge in [-0.05, 0) is 29.8 Å². The topological polar surface area (TPSA) is 67.9 Å². The van der Waals surface area contributed by atoms with E-state index < -0.39 is 5.91 Å². The van der Waals surface area contributed by atoms with Crippen LogP contribution in [0.3, 0.4) is 0 Å². The zero-order chi connectivity index (χ0) is 19.2. The zero-order valence-electron chi connectivity index (χ0n) is 14.8. The van der Waals surface area contributed by atoms with E-state index >= 15 is 0 Å². The van der Waals surface area contributed by atoms with Crippen molar-refractivity contribution < 1.29 is 19.1 Å². The molecule has 3 rings (SSSR count). The zero-order valence-corrected chi connectivity index (χ0v) is 15.5. The fraction of sp³-hybridized carbons (Fsp3) is 0.200. The molecule has 2 amide bonds. The van der Waals surface area contributed by atoms with Crippen LogP contribution in [0.15, 0.2) is 54.3 Å². The molecule has 2 aromatic rings. The Kier molecular flexibility index (Phi) is 6.11. The van der Waals surface area contributed by atoms with Gasteiger partial charge in [0.15, 0.2) is 11.5 Å². The lowest BCUT2D eigenvalue weighted by atomic mass is 10.1. The van der Waals surface area contributed by atoms with Gasteiger partial charge in [-0.1, -0.05) is 41.9 Å². The molecule has 0 saturated carbocycles. The summed E-state index contributed by atoms with van der Waals surface area (Å²) < 4.78 is 10.7. The van der Waals surface area contributed by atoms with E-state index in [4.69, 9.17) is 21.1 Å². The molecule has 0 radical (unpaired) electrons. The molecule has 1 aliphatic rings. The van der Waals surface area contributed by atoms with Crippen molar-refractivity contribution in [1.29, 1.82) is 0 Å². The Hall–Kier alpha value is -2.83. The summed E-state index contributed by atoms with van der Waals surface area (Å²) in [5.41, 5.74) is 1.20. The minimum Gasteiger partial charge on any atom is -0.449 e. The number of hydrogen-bond donors (Lipinski definition) is 1. The fourth-order valence-corrected chi connectivity index (χ4v) is 2.83. The predicted octanol–water partition coefficient (Wildman–Crippen LogP) is 2.87. The molecule has 27 heavy (non-hydrogen) atoms. The van der Waals surface area contributed by atoms with Crippen molar-refractivity contribution in [3.63, 3.8) is 0 Å². The lowest BCUT2D eigenvalue weighted by Gasteiger charge is -2.30. The average Bonchev–Trinajstić information content (AvgIpc) is 2.67. The molecule has 0 bridgehead atoms. The fourth-order valence-electron chi connectivity index (χ4n) is 2.64. The van der Waals surface area contributed by atoms with Crippen LogP contribution in [0.5, 0.6) is 5.75 Å². The molecule has 0 aliphatic carbocycles. The van der Waals surface area contributed by atoms with Crippen molar-refractivity contribution in [3.05, 3.63) is 64.9 Å². The maximum absolute atomic E-state index is 13.0. The highest BCUT2D eigenvalue weighted by Gasteiger charge is 2.31. The third kappa shape index (κ3) is 4.48. The normalized spacial score (nSPS) is 14.7. The van der Waals surface area contributed by atoms with Gasteiger partial charge in [-0.15, -0.1) is 0 Å². The summed E-state index contributed by atoms with van der Waals surface area (Å²) in [5.74, 6) is -0.0868. The first-order valence-corrected chi connectivity index (χ1v) is 8.78. The Morgan fingerprint density at radius 2 is 1.96 bits per heavy atom. The molecule has 0 fully saturated rings. The Bertz CT molecular complexity index is 882. The molecule has 7 heteroatoms. The third-order valence-corrected chi connectivity index (χ3v) is 4.30. The highest BCUT2D eigenvalue weighted by Crippen LogP contribution is 2.35. The molecule has 6 nitrogen and oxygen atoms in total. The van der Waals surface area contributed by atoms with Crippen molar-refractivity contribution in [2.75, 3.05) is 31.7 Å². The molecule has 0 spiro atoms. The number of carbonyl (C=O) groups excluding carboxylic acids is 2. The molecule has 2 aromatic carbocycles. The van der Waals surface area contributed by atoms with Crippen molar-refractivity contribution >= 4 is 35.2 Å². The number of hydrogen-bond acceptors (Lipinski definition) is 4. The minimum atomic E-state index is -0.407. The van der Waals surface area contributed by atoms with Gasteiger partial charge in [0.05, 0.1) is 12.3 Å². The minimum absolute atomic E-state index is 0.103. The Balaban J connectivity index is 1.89. The largest absolute Gasteiger partial charge is 0.449 e. The number of rotatable bonds is 6. The number of ether oxygens (including phenoxy) is 2. The van der Waals surface area contributed by atoms with E-state index in [0.29, 0.717) is 35.2 Å². The van der Waals surface area contributed by atoms with Gasteiger partial charge < -0.3 is 14.8 Å². The maximum Gasteiger partial charge on any atom is 0.294 e.